The van der Waals surface area contributed by atoms with Gasteiger partial charge in [-0.05, 0) is 81.7 Å². The first-order valence-electron chi connectivity index (χ1n) is 16.4. The molecule has 0 radical (unpaired) electrons. The number of ether oxygens (including phenoxy) is 6. The summed E-state index contributed by atoms with van der Waals surface area (Å²) in [5, 5.41) is 0.323. The van der Waals surface area contributed by atoms with Crippen molar-refractivity contribution < 1.29 is 38.0 Å². The van der Waals surface area contributed by atoms with Gasteiger partial charge in [-0.15, -0.1) is 0 Å². The van der Waals surface area contributed by atoms with E-state index in [1.165, 1.54) is 23.0 Å². The highest BCUT2D eigenvalue weighted by Crippen LogP contribution is 2.38. The van der Waals surface area contributed by atoms with Crippen LogP contribution in [0, 0.1) is 6.92 Å². The third-order valence-electron chi connectivity index (χ3n) is 7.81. The molecule has 0 saturated heterocycles. The highest BCUT2D eigenvalue weighted by Gasteiger charge is 2.34. The molecule has 1 atom stereocenters. The van der Waals surface area contributed by atoms with Crippen molar-refractivity contribution in [1.82, 2.24) is 4.57 Å². The predicted octanol–water partition coefficient (Wildman–Crippen LogP) is 5.69. The Bertz CT molecular complexity index is 2140. The number of aryl methyl sites for hydroxylation is 1. The summed E-state index contributed by atoms with van der Waals surface area (Å²) >= 11 is 7.92. The smallest absolute Gasteiger partial charge is 0.343 e. The summed E-state index contributed by atoms with van der Waals surface area (Å²) in [4.78, 5) is 44.5. The number of aromatic nitrogens is 1. The lowest BCUT2D eigenvalue weighted by molar-refractivity contribution is -0.143. The maximum absolute atomic E-state index is 14.3. The third kappa shape index (κ3) is 8.46. The van der Waals surface area contributed by atoms with Gasteiger partial charge in [0.15, 0.2) is 34.4 Å². The van der Waals surface area contributed by atoms with Gasteiger partial charge in [0, 0.05) is 0 Å². The van der Waals surface area contributed by atoms with Crippen LogP contribution in [0.25, 0.3) is 6.08 Å². The minimum absolute atomic E-state index is 0.130. The fraction of sp³-hybridized carbons (Fsp3) is 0.316. The van der Waals surface area contributed by atoms with E-state index in [9.17, 15) is 14.4 Å². The lowest BCUT2D eigenvalue weighted by Gasteiger charge is -2.25. The number of allylic oxidation sites excluding steroid dienone is 1. The van der Waals surface area contributed by atoms with Crippen molar-refractivity contribution in [2.75, 3.05) is 33.5 Å². The number of nitrogens with zero attached hydrogens (tertiary/aromatic N) is 2. The van der Waals surface area contributed by atoms with Crippen LogP contribution < -0.4 is 33.8 Å². The van der Waals surface area contributed by atoms with Gasteiger partial charge in [0.2, 0.25) is 0 Å². The summed E-state index contributed by atoms with van der Waals surface area (Å²) in [7, 11) is 1.27. The van der Waals surface area contributed by atoms with E-state index in [0.717, 1.165) is 11.1 Å². The number of methoxy groups -OCH3 is 1. The van der Waals surface area contributed by atoms with Crippen LogP contribution in [-0.2, 0) is 25.7 Å². The summed E-state index contributed by atoms with van der Waals surface area (Å²) in [5.41, 5.74) is 3.52. The van der Waals surface area contributed by atoms with E-state index < -0.39 is 18.0 Å². The Morgan fingerprint density at radius 1 is 0.902 bits per heavy atom. The highest BCUT2D eigenvalue weighted by molar-refractivity contribution is 7.07. The average molecular weight is 735 g/mol. The van der Waals surface area contributed by atoms with Gasteiger partial charge < -0.3 is 28.4 Å². The molecule has 0 saturated carbocycles. The Morgan fingerprint density at radius 3 is 2.31 bits per heavy atom. The minimum Gasteiger partial charge on any atom is -0.490 e. The molecule has 1 aromatic heterocycles. The molecular formula is C38H39ClN2O9S. The Kier molecular flexibility index (Phi) is 12.2. The second kappa shape index (κ2) is 16.8. The van der Waals surface area contributed by atoms with Crippen LogP contribution in [0.1, 0.15) is 56.0 Å². The summed E-state index contributed by atoms with van der Waals surface area (Å²) < 4.78 is 35.4. The van der Waals surface area contributed by atoms with Gasteiger partial charge in [-0.3, -0.25) is 9.36 Å². The van der Waals surface area contributed by atoms with Gasteiger partial charge in [0.05, 0.1) is 53.8 Å². The number of benzene rings is 3. The van der Waals surface area contributed by atoms with Gasteiger partial charge >= 0.3 is 11.9 Å². The maximum atomic E-state index is 14.3. The summed E-state index contributed by atoms with van der Waals surface area (Å²) in [6.07, 6.45) is 1.71. The van der Waals surface area contributed by atoms with Crippen LogP contribution in [0.15, 0.2) is 75.7 Å². The molecule has 0 spiro atoms. The normalized spacial score (nSPS) is 14.0. The molecule has 2 heterocycles. The van der Waals surface area contributed by atoms with Gasteiger partial charge in [0.25, 0.3) is 5.56 Å². The molecule has 5 rings (SSSR count). The number of carbonyl (C=O) groups is 2. The number of thiazole rings is 1. The van der Waals surface area contributed by atoms with Crippen LogP contribution in [0.4, 0.5) is 0 Å². The summed E-state index contributed by atoms with van der Waals surface area (Å²) in [5.74, 6) is 0.294. The standard InChI is InChI=1S/C38H39ClN2O9S/c1-7-46-29-19-26(14-15-28(29)49-21-32(42)45-6)34-33(37(44)48-9-3)23(5)40-38-41(34)36(43)31(51-38)18-25-16-27(39)35(30(17-25)47-8-2)50-20-24-12-10-22(4)11-13-24/h10-19,34H,7-9,20-21H2,1-6H3/b31-18-/t34-/m1/s1. The van der Waals surface area contributed by atoms with Gasteiger partial charge in [0.1, 0.15) is 6.61 Å². The van der Waals surface area contributed by atoms with E-state index >= 15 is 0 Å². The molecule has 0 fully saturated rings. The fourth-order valence-corrected chi connectivity index (χ4v) is 6.77. The molecule has 0 N–H and O–H groups in total. The number of halogens is 1. The van der Waals surface area contributed by atoms with Crippen LogP contribution >= 0.6 is 22.9 Å². The lowest BCUT2D eigenvalue weighted by Crippen LogP contribution is -2.40. The quantitative estimate of drug-likeness (QED) is 0.150. The SMILES string of the molecule is CCOC(=O)C1=C(C)N=c2s/c(=C\c3cc(Cl)c(OCc4ccc(C)cc4)c(OCC)c3)c(=O)n2[C@@H]1c1ccc(OCC(=O)OC)c(OCC)c1. The maximum Gasteiger partial charge on any atom is 0.343 e. The van der Waals surface area contributed by atoms with Crippen molar-refractivity contribution in [2.45, 2.75) is 47.3 Å². The van der Waals surface area contributed by atoms with Gasteiger partial charge in [-0.2, -0.15) is 0 Å². The number of esters is 2. The number of rotatable bonds is 14. The molecule has 11 nitrogen and oxygen atoms in total. The molecule has 1 aliphatic heterocycles. The van der Waals surface area contributed by atoms with Crippen LogP contribution in [0.2, 0.25) is 5.02 Å². The van der Waals surface area contributed by atoms with E-state index in [1.807, 2.05) is 38.1 Å². The lowest BCUT2D eigenvalue weighted by atomic mass is 9.95. The Balaban J connectivity index is 1.59. The first-order chi connectivity index (χ1) is 24.6. The molecular weight excluding hydrogens is 696 g/mol. The third-order valence-corrected chi connectivity index (χ3v) is 9.07. The Morgan fingerprint density at radius 2 is 1.63 bits per heavy atom. The number of carbonyl (C=O) groups excluding carboxylic acids is 2. The number of fused-ring (bicyclic) bond motifs is 1. The monoisotopic (exact) mass is 734 g/mol. The Labute approximate surface area is 304 Å². The molecule has 13 heteroatoms. The predicted molar refractivity (Wildman–Crippen MR) is 194 cm³/mol. The Hall–Kier alpha value is -5.07. The molecule has 1 aliphatic rings. The molecule has 0 amide bonds. The number of hydrogen-bond donors (Lipinski definition) is 0. The van der Waals surface area contributed by atoms with E-state index in [-0.39, 0.29) is 24.3 Å². The molecule has 4 aromatic rings. The van der Waals surface area contributed by atoms with E-state index in [0.29, 0.717) is 74.0 Å². The van der Waals surface area contributed by atoms with E-state index in [1.54, 1.807) is 57.2 Å². The van der Waals surface area contributed by atoms with E-state index in [4.69, 9.17) is 40.0 Å². The highest BCUT2D eigenvalue weighted by atomic mass is 35.5. The summed E-state index contributed by atoms with van der Waals surface area (Å²) in [6, 6.07) is 15.6. The van der Waals surface area contributed by atoms with Crippen molar-refractivity contribution in [3.05, 3.63) is 113 Å². The molecule has 0 aliphatic carbocycles. The molecule has 51 heavy (non-hydrogen) atoms. The summed E-state index contributed by atoms with van der Waals surface area (Å²) in [6.45, 7) is 9.86. The molecule has 0 bridgehead atoms. The minimum atomic E-state index is -0.906. The van der Waals surface area contributed by atoms with Crippen molar-refractivity contribution in [1.29, 1.82) is 0 Å². The first-order valence-corrected chi connectivity index (χ1v) is 17.6. The second-order valence-corrected chi connectivity index (χ2v) is 12.8. The average Bonchev–Trinajstić information content (AvgIpc) is 3.41. The molecule has 3 aromatic carbocycles. The largest absolute Gasteiger partial charge is 0.490 e. The zero-order chi connectivity index (χ0) is 36.7. The van der Waals surface area contributed by atoms with Crippen LogP contribution in [0.3, 0.4) is 0 Å². The second-order valence-electron chi connectivity index (χ2n) is 11.3. The molecule has 0 unspecified atom stereocenters. The van der Waals surface area contributed by atoms with Crippen molar-refractivity contribution in [3.63, 3.8) is 0 Å². The first kappa shape index (κ1) is 37.2. The van der Waals surface area contributed by atoms with Gasteiger partial charge in [-0.25, -0.2) is 14.6 Å². The zero-order valence-corrected chi connectivity index (χ0v) is 30.8. The van der Waals surface area contributed by atoms with Gasteiger partial charge in [-0.1, -0.05) is 58.8 Å². The van der Waals surface area contributed by atoms with Crippen LogP contribution in [0.5, 0.6) is 23.0 Å². The number of hydrogen-bond acceptors (Lipinski definition) is 11. The van der Waals surface area contributed by atoms with Crippen molar-refractivity contribution in [3.8, 4) is 23.0 Å². The molecule has 268 valence electrons. The van der Waals surface area contributed by atoms with E-state index in [2.05, 4.69) is 4.99 Å². The van der Waals surface area contributed by atoms with Crippen LogP contribution in [-0.4, -0.2) is 50.0 Å². The van der Waals surface area contributed by atoms with Crippen molar-refractivity contribution >= 4 is 41.0 Å². The topological polar surface area (TPSA) is 124 Å². The zero-order valence-electron chi connectivity index (χ0n) is 29.2. The van der Waals surface area contributed by atoms with Crippen molar-refractivity contribution in [2.24, 2.45) is 4.99 Å². The fourth-order valence-electron chi connectivity index (χ4n) is 5.45.